The van der Waals surface area contributed by atoms with E-state index in [9.17, 15) is 4.79 Å². The maximum atomic E-state index is 12.0. The number of carbonyl (C=O) groups is 1. The Morgan fingerprint density at radius 1 is 1.48 bits per heavy atom. The monoisotopic (exact) mass is 378 g/mol. The Morgan fingerprint density at radius 3 is 3.04 bits per heavy atom. The van der Waals surface area contributed by atoms with E-state index in [1.165, 1.54) is 28.6 Å². The Bertz CT molecular complexity index is 774. The summed E-state index contributed by atoms with van der Waals surface area (Å²) in [5.74, 6) is 1.62. The summed E-state index contributed by atoms with van der Waals surface area (Å²) in [6.07, 6.45) is 5.42. The summed E-state index contributed by atoms with van der Waals surface area (Å²) in [5.41, 5.74) is 7.57. The van der Waals surface area contributed by atoms with Gasteiger partial charge < -0.3 is 11.1 Å². The SMILES string of the molecule is CCCC(C)NC(=O)CSc1nc(N)c2c3c(sc2n1)CC(C)CC3. The summed E-state index contributed by atoms with van der Waals surface area (Å²) in [7, 11) is 0. The highest BCUT2D eigenvalue weighted by molar-refractivity contribution is 7.99. The lowest BCUT2D eigenvalue weighted by molar-refractivity contribution is -0.119. The number of anilines is 1. The largest absolute Gasteiger partial charge is 0.383 e. The molecule has 3 rings (SSSR count). The van der Waals surface area contributed by atoms with Crippen molar-refractivity contribution < 1.29 is 4.79 Å². The van der Waals surface area contributed by atoms with Crippen molar-refractivity contribution in [3.05, 3.63) is 10.4 Å². The van der Waals surface area contributed by atoms with E-state index in [2.05, 4.69) is 29.1 Å². The molecular weight excluding hydrogens is 352 g/mol. The number of nitrogens with two attached hydrogens (primary N) is 1. The van der Waals surface area contributed by atoms with Crippen LogP contribution < -0.4 is 11.1 Å². The molecular formula is C18H26N4OS2. The van der Waals surface area contributed by atoms with E-state index in [4.69, 9.17) is 5.73 Å². The molecule has 0 saturated heterocycles. The Hall–Kier alpha value is -1.34. The number of nitrogens with zero attached hydrogens (tertiary/aromatic N) is 2. The van der Waals surface area contributed by atoms with Crippen LogP contribution in [0, 0.1) is 5.92 Å². The minimum Gasteiger partial charge on any atom is -0.383 e. The molecule has 0 fully saturated rings. The summed E-state index contributed by atoms with van der Waals surface area (Å²) in [6.45, 7) is 6.44. The number of aryl methyl sites for hydroxylation is 1. The smallest absolute Gasteiger partial charge is 0.230 e. The highest BCUT2D eigenvalue weighted by Gasteiger charge is 2.23. The van der Waals surface area contributed by atoms with Crippen molar-refractivity contribution in [2.24, 2.45) is 5.92 Å². The van der Waals surface area contributed by atoms with Gasteiger partial charge in [0.2, 0.25) is 5.91 Å². The molecule has 1 aliphatic carbocycles. The van der Waals surface area contributed by atoms with Crippen molar-refractivity contribution in [2.45, 2.75) is 64.1 Å². The lowest BCUT2D eigenvalue weighted by atomic mass is 9.89. The Balaban J connectivity index is 1.72. The molecule has 0 aliphatic heterocycles. The molecule has 0 saturated carbocycles. The fraction of sp³-hybridized carbons (Fsp3) is 0.611. The quantitative estimate of drug-likeness (QED) is 0.590. The summed E-state index contributed by atoms with van der Waals surface area (Å²) in [6, 6.07) is 0.206. The first-order valence-corrected chi connectivity index (χ1v) is 10.8. The van der Waals surface area contributed by atoms with Gasteiger partial charge in [0.1, 0.15) is 10.6 Å². The molecule has 0 aromatic carbocycles. The molecule has 0 bridgehead atoms. The summed E-state index contributed by atoms with van der Waals surface area (Å²) in [4.78, 5) is 23.5. The molecule has 0 radical (unpaired) electrons. The summed E-state index contributed by atoms with van der Waals surface area (Å²) in [5, 5.41) is 4.64. The van der Waals surface area contributed by atoms with Crippen LogP contribution in [-0.4, -0.2) is 27.7 Å². The van der Waals surface area contributed by atoms with Crippen LogP contribution >= 0.6 is 23.1 Å². The molecule has 3 N–H and O–H groups in total. The molecule has 2 aromatic heterocycles. The van der Waals surface area contributed by atoms with E-state index in [0.717, 1.165) is 41.8 Å². The van der Waals surface area contributed by atoms with Crippen molar-refractivity contribution in [3.8, 4) is 0 Å². The second-order valence-electron chi connectivity index (χ2n) is 6.97. The zero-order valence-corrected chi connectivity index (χ0v) is 16.7. The van der Waals surface area contributed by atoms with E-state index in [0.29, 0.717) is 16.7 Å². The van der Waals surface area contributed by atoms with E-state index < -0.39 is 0 Å². The second kappa shape index (κ2) is 7.91. The number of hydrogen-bond acceptors (Lipinski definition) is 6. The zero-order chi connectivity index (χ0) is 18.0. The third-order valence-corrected chi connectivity index (χ3v) is 6.62. The third-order valence-electron chi connectivity index (χ3n) is 4.62. The van der Waals surface area contributed by atoms with Crippen LogP contribution in [0.4, 0.5) is 5.82 Å². The van der Waals surface area contributed by atoms with Crippen LogP contribution in [0.2, 0.25) is 0 Å². The number of rotatable bonds is 6. The van der Waals surface area contributed by atoms with E-state index in [-0.39, 0.29) is 11.9 Å². The van der Waals surface area contributed by atoms with Crippen LogP contribution in [0.3, 0.4) is 0 Å². The van der Waals surface area contributed by atoms with Gasteiger partial charge in [0.25, 0.3) is 0 Å². The molecule has 5 nitrogen and oxygen atoms in total. The minimum atomic E-state index is 0.0208. The topological polar surface area (TPSA) is 80.9 Å². The normalized spacial score (nSPS) is 18.1. The van der Waals surface area contributed by atoms with Crippen LogP contribution in [0.1, 0.15) is 50.5 Å². The zero-order valence-electron chi connectivity index (χ0n) is 15.1. The van der Waals surface area contributed by atoms with Crippen molar-refractivity contribution in [3.63, 3.8) is 0 Å². The molecule has 2 aromatic rings. The number of amides is 1. The predicted molar refractivity (Wildman–Crippen MR) is 106 cm³/mol. The lowest BCUT2D eigenvalue weighted by Crippen LogP contribution is -2.33. The van der Waals surface area contributed by atoms with E-state index >= 15 is 0 Å². The van der Waals surface area contributed by atoms with Gasteiger partial charge in [-0.05, 0) is 44.1 Å². The van der Waals surface area contributed by atoms with Crippen LogP contribution in [-0.2, 0) is 17.6 Å². The van der Waals surface area contributed by atoms with E-state index in [1.54, 1.807) is 11.3 Å². The van der Waals surface area contributed by atoms with Crippen LogP contribution in [0.25, 0.3) is 10.2 Å². The van der Waals surface area contributed by atoms with Gasteiger partial charge in [-0.3, -0.25) is 4.79 Å². The molecule has 25 heavy (non-hydrogen) atoms. The lowest BCUT2D eigenvalue weighted by Gasteiger charge is -2.17. The van der Waals surface area contributed by atoms with Crippen molar-refractivity contribution in [1.82, 2.24) is 15.3 Å². The molecule has 2 heterocycles. The second-order valence-corrected chi connectivity index (χ2v) is 9.00. The summed E-state index contributed by atoms with van der Waals surface area (Å²) < 4.78 is 0. The molecule has 2 atom stereocenters. The van der Waals surface area contributed by atoms with Gasteiger partial charge in [-0.15, -0.1) is 11.3 Å². The maximum absolute atomic E-state index is 12.0. The van der Waals surface area contributed by atoms with Gasteiger partial charge in [-0.1, -0.05) is 32.0 Å². The fourth-order valence-corrected chi connectivity index (χ4v) is 5.48. The molecule has 136 valence electrons. The minimum absolute atomic E-state index is 0.0208. The molecule has 7 heteroatoms. The van der Waals surface area contributed by atoms with Gasteiger partial charge in [0.05, 0.1) is 11.1 Å². The number of fused-ring (bicyclic) bond motifs is 3. The van der Waals surface area contributed by atoms with Crippen molar-refractivity contribution >= 4 is 45.0 Å². The summed E-state index contributed by atoms with van der Waals surface area (Å²) >= 11 is 3.09. The fourth-order valence-electron chi connectivity index (χ4n) is 3.37. The Labute approximate surface area is 157 Å². The number of aromatic nitrogens is 2. The Morgan fingerprint density at radius 2 is 2.28 bits per heavy atom. The van der Waals surface area contributed by atoms with Gasteiger partial charge in [-0.2, -0.15) is 0 Å². The predicted octanol–water partition coefficient (Wildman–Crippen LogP) is 3.80. The van der Waals surface area contributed by atoms with E-state index in [1.807, 2.05) is 6.92 Å². The average molecular weight is 379 g/mol. The first-order valence-electron chi connectivity index (χ1n) is 8.97. The van der Waals surface area contributed by atoms with Gasteiger partial charge in [0.15, 0.2) is 5.16 Å². The number of thiophene rings is 1. The number of hydrogen-bond donors (Lipinski definition) is 2. The number of thioether (sulfide) groups is 1. The first kappa shape index (κ1) is 18.5. The molecule has 2 unspecified atom stereocenters. The molecule has 1 amide bonds. The van der Waals surface area contributed by atoms with Crippen molar-refractivity contribution in [2.75, 3.05) is 11.5 Å². The van der Waals surface area contributed by atoms with Gasteiger partial charge in [-0.25, -0.2) is 9.97 Å². The third kappa shape index (κ3) is 4.26. The highest BCUT2D eigenvalue weighted by atomic mass is 32.2. The standard InChI is InChI=1S/C18H26N4OS2/c1-4-5-11(3)20-14(23)9-24-18-21-16(19)15-12-7-6-10(2)8-13(12)25-17(15)22-18/h10-11H,4-9H2,1-3H3,(H,20,23)(H2,19,21,22). The molecule has 1 aliphatic rings. The van der Waals surface area contributed by atoms with Crippen LogP contribution in [0.5, 0.6) is 0 Å². The number of nitrogen functional groups attached to an aromatic ring is 1. The van der Waals surface area contributed by atoms with Crippen molar-refractivity contribution in [1.29, 1.82) is 0 Å². The number of carbonyl (C=O) groups excluding carboxylic acids is 1. The van der Waals surface area contributed by atoms with Crippen LogP contribution in [0.15, 0.2) is 5.16 Å². The maximum Gasteiger partial charge on any atom is 0.230 e. The molecule has 0 spiro atoms. The van der Waals surface area contributed by atoms with Gasteiger partial charge >= 0.3 is 0 Å². The first-order chi connectivity index (χ1) is 12.0. The van der Waals surface area contributed by atoms with Gasteiger partial charge in [0, 0.05) is 10.9 Å². The Kier molecular flexibility index (Phi) is 5.84. The number of nitrogens with one attached hydrogen (secondary N) is 1. The average Bonchev–Trinajstić information content (AvgIpc) is 2.90. The highest BCUT2D eigenvalue weighted by Crippen LogP contribution is 2.39.